The second-order valence-corrected chi connectivity index (χ2v) is 4.48. The van der Waals surface area contributed by atoms with Crippen LogP contribution >= 0.6 is 11.5 Å². The van der Waals surface area contributed by atoms with Crippen LogP contribution in [0, 0.1) is 5.82 Å². The van der Waals surface area contributed by atoms with Crippen LogP contribution in [0.25, 0.3) is 0 Å². The van der Waals surface area contributed by atoms with Gasteiger partial charge < -0.3 is 5.32 Å². The monoisotopic (exact) mass is 291 g/mol. The molecule has 8 heteroatoms. The molecule has 2 aromatic rings. The zero-order valence-electron chi connectivity index (χ0n) is 9.54. The molecule has 0 aliphatic carbocycles. The lowest BCUT2D eigenvalue weighted by Crippen LogP contribution is -2.08. The number of hydrogen-bond donors (Lipinski definition) is 1. The lowest BCUT2D eigenvalue weighted by Gasteiger charge is -2.03. The molecule has 1 heterocycles. The highest BCUT2D eigenvalue weighted by Crippen LogP contribution is 2.28. The molecule has 0 bridgehead atoms. The Morgan fingerprint density at radius 1 is 1.26 bits per heavy atom. The molecular weight excluding hydrogens is 282 g/mol. The number of nitrogens with one attached hydrogen (secondary N) is 1. The average molecular weight is 291 g/mol. The normalized spacial score (nSPS) is 11.6. The van der Waals surface area contributed by atoms with Gasteiger partial charge in [-0.15, -0.1) is 0 Å². The number of alkyl halides is 3. The molecule has 0 saturated heterocycles. The Morgan fingerprint density at radius 2 is 2.05 bits per heavy atom. The largest absolute Gasteiger partial charge is 0.452 e. The predicted octanol–water partition coefficient (Wildman–Crippen LogP) is 3.35. The van der Waals surface area contributed by atoms with E-state index < -0.39 is 12.0 Å². The Labute approximate surface area is 110 Å². The first kappa shape index (κ1) is 13.7. The average Bonchev–Trinajstić information content (AvgIpc) is 2.77. The number of hydrogen-bond acceptors (Lipinski definition) is 4. The summed E-state index contributed by atoms with van der Waals surface area (Å²) in [5.41, 5.74) is 0.757. The van der Waals surface area contributed by atoms with Crippen molar-refractivity contribution in [1.82, 2.24) is 9.36 Å². The smallest absolute Gasteiger partial charge is 0.360 e. The van der Waals surface area contributed by atoms with Crippen molar-refractivity contribution in [2.24, 2.45) is 0 Å². The van der Waals surface area contributed by atoms with Gasteiger partial charge in [-0.05, 0) is 24.1 Å². The zero-order valence-corrected chi connectivity index (χ0v) is 10.4. The molecule has 1 N–H and O–H groups in total. The van der Waals surface area contributed by atoms with Crippen molar-refractivity contribution in [1.29, 1.82) is 0 Å². The molecule has 2 rings (SSSR count). The van der Waals surface area contributed by atoms with Gasteiger partial charge in [0, 0.05) is 18.1 Å². The summed E-state index contributed by atoms with van der Waals surface area (Å²) in [6.07, 6.45) is -4.04. The number of nitrogens with zero attached hydrogens (tertiary/aromatic N) is 2. The van der Waals surface area contributed by atoms with Crippen molar-refractivity contribution in [2.45, 2.75) is 12.6 Å². The van der Waals surface area contributed by atoms with E-state index in [0.29, 0.717) is 24.5 Å². The van der Waals surface area contributed by atoms with Gasteiger partial charge in [-0.2, -0.15) is 22.5 Å². The molecule has 0 aliphatic heterocycles. The number of aromatic nitrogens is 2. The molecule has 0 aliphatic rings. The summed E-state index contributed by atoms with van der Waals surface area (Å²) in [6, 6.07) is 6.03. The van der Waals surface area contributed by atoms with E-state index >= 15 is 0 Å². The Hall–Kier alpha value is -1.70. The van der Waals surface area contributed by atoms with Gasteiger partial charge in [-0.3, -0.25) is 0 Å². The van der Waals surface area contributed by atoms with Crippen molar-refractivity contribution in [2.75, 3.05) is 11.9 Å². The van der Waals surface area contributed by atoms with E-state index in [0.717, 1.165) is 5.56 Å². The fraction of sp³-hybridized carbons (Fsp3) is 0.273. The second kappa shape index (κ2) is 5.52. The molecule has 0 saturated carbocycles. The predicted molar refractivity (Wildman–Crippen MR) is 63.5 cm³/mol. The quantitative estimate of drug-likeness (QED) is 0.878. The molecule has 0 fully saturated rings. The third kappa shape index (κ3) is 3.88. The van der Waals surface area contributed by atoms with Crippen molar-refractivity contribution < 1.29 is 17.6 Å². The summed E-state index contributed by atoms with van der Waals surface area (Å²) in [7, 11) is 0. The zero-order chi connectivity index (χ0) is 13.9. The maximum absolute atomic E-state index is 12.9. The summed E-state index contributed by atoms with van der Waals surface area (Å²) in [5, 5.41) is 2.83. The highest BCUT2D eigenvalue weighted by molar-refractivity contribution is 7.09. The Balaban J connectivity index is 1.88. The molecule has 0 amide bonds. The summed E-state index contributed by atoms with van der Waals surface area (Å²) < 4.78 is 52.8. The third-order valence-corrected chi connectivity index (χ3v) is 2.93. The summed E-state index contributed by atoms with van der Waals surface area (Å²) in [6.45, 7) is 0.357. The molecule has 1 aromatic heterocycles. The molecule has 0 unspecified atom stereocenters. The molecule has 3 nitrogen and oxygen atoms in total. The maximum Gasteiger partial charge on any atom is 0.452 e. The first-order chi connectivity index (χ1) is 8.95. The van der Waals surface area contributed by atoms with E-state index in [1.165, 1.54) is 12.1 Å². The highest BCUT2D eigenvalue weighted by atomic mass is 32.1. The fourth-order valence-corrected chi connectivity index (χ4v) is 2.03. The van der Waals surface area contributed by atoms with Gasteiger partial charge in [0.25, 0.3) is 0 Å². The molecule has 1 aromatic carbocycles. The van der Waals surface area contributed by atoms with Gasteiger partial charge in [0.15, 0.2) is 0 Å². The van der Waals surface area contributed by atoms with Crippen LogP contribution in [0.3, 0.4) is 0 Å². The van der Waals surface area contributed by atoms with Gasteiger partial charge in [-0.25, -0.2) is 4.39 Å². The number of anilines is 1. The first-order valence-corrected chi connectivity index (χ1v) is 6.12. The van der Waals surface area contributed by atoms with Crippen molar-refractivity contribution >= 4 is 16.7 Å². The second-order valence-electron chi connectivity index (χ2n) is 3.73. The molecule has 19 heavy (non-hydrogen) atoms. The lowest BCUT2D eigenvalue weighted by atomic mass is 10.1. The van der Waals surface area contributed by atoms with Crippen LogP contribution in [0.2, 0.25) is 0 Å². The van der Waals surface area contributed by atoms with Crippen LogP contribution in [-0.2, 0) is 12.6 Å². The fourth-order valence-electron chi connectivity index (χ4n) is 1.42. The molecule has 0 radical (unpaired) electrons. The van der Waals surface area contributed by atoms with Crippen molar-refractivity contribution in [3.63, 3.8) is 0 Å². The third-order valence-electron chi connectivity index (χ3n) is 2.26. The molecule has 0 atom stereocenters. The summed E-state index contributed by atoms with van der Waals surface area (Å²) in [5.74, 6) is -1.49. The molecular formula is C11H9F4N3S. The van der Waals surface area contributed by atoms with Gasteiger partial charge in [0.1, 0.15) is 5.82 Å². The van der Waals surface area contributed by atoms with E-state index in [4.69, 9.17) is 0 Å². The Kier molecular flexibility index (Phi) is 3.98. The van der Waals surface area contributed by atoms with E-state index in [-0.39, 0.29) is 10.9 Å². The Bertz CT molecular complexity index is 553. The molecule has 0 spiro atoms. The minimum absolute atomic E-state index is 0.101. The van der Waals surface area contributed by atoms with Crippen LogP contribution in [0.5, 0.6) is 0 Å². The topological polar surface area (TPSA) is 37.8 Å². The van der Waals surface area contributed by atoms with E-state index in [9.17, 15) is 17.6 Å². The van der Waals surface area contributed by atoms with Crippen molar-refractivity contribution in [3.8, 4) is 0 Å². The molecule has 102 valence electrons. The Morgan fingerprint density at radius 3 is 2.68 bits per heavy atom. The van der Waals surface area contributed by atoms with E-state index in [2.05, 4.69) is 14.7 Å². The van der Waals surface area contributed by atoms with Crippen LogP contribution in [0.15, 0.2) is 24.3 Å². The van der Waals surface area contributed by atoms with Crippen LogP contribution < -0.4 is 5.32 Å². The summed E-state index contributed by atoms with van der Waals surface area (Å²) in [4.78, 5) is 3.33. The van der Waals surface area contributed by atoms with Crippen LogP contribution in [-0.4, -0.2) is 15.9 Å². The minimum Gasteiger partial charge on any atom is -0.360 e. The standard InChI is InChI=1S/C11H9F4N3S/c12-8-3-1-2-7(6-8)4-5-16-10-17-9(18-19-10)11(13,14)15/h1-3,6H,4-5H2,(H,16,17,18). The van der Waals surface area contributed by atoms with E-state index in [1.807, 2.05) is 0 Å². The SMILES string of the molecule is Fc1cccc(CCNc2nc(C(F)(F)F)ns2)c1. The van der Waals surface area contributed by atoms with Crippen LogP contribution in [0.1, 0.15) is 11.4 Å². The van der Waals surface area contributed by atoms with Gasteiger partial charge in [-0.1, -0.05) is 12.1 Å². The van der Waals surface area contributed by atoms with Gasteiger partial charge in [0.2, 0.25) is 11.0 Å². The maximum atomic E-state index is 12.9. The van der Waals surface area contributed by atoms with E-state index in [1.54, 1.807) is 12.1 Å². The first-order valence-electron chi connectivity index (χ1n) is 5.34. The minimum atomic E-state index is -4.53. The lowest BCUT2D eigenvalue weighted by molar-refractivity contribution is -0.144. The number of rotatable bonds is 4. The van der Waals surface area contributed by atoms with Gasteiger partial charge in [0.05, 0.1) is 0 Å². The van der Waals surface area contributed by atoms with Crippen molar-refractivity contribution in [3.05, 3.63) is 41.5 Å². The van der Waals surface area contributed by atoms with Gasteiger partial charge >= 0.3 is 6.18 Å². The number of benzene rings is 1. The highest BCUT2D eigenvalue weighted by Gasteiger charge is 2.36. The summed E-state index contributed by atoms with van der Waals surface area (Å²) >= 11 is 0.648. The number of halogens is 4. The van der Waals surface area contributed by atoms with Crippen LogP contribution in [0.4, 0.5) is 22.7 Å².